The fraction of sp³-hybridized carbons (Fsp3) is 0.438. The number of hydrogen-bond donors (Lipinski definition) is 1. The zero-order chi connectivity index (χ0) is 16.8. The lowest BCUT2D eigenvalue weighted by Gasteiger charge is -2.28. The van der Waals surface area contributed by atoms with Crippen LogP contribution in [0.15, 0.2) is 30.9 Å². The number of aromatic nitrogens is 3. The Balaban J connectivity index is 1.59. The molecule has 0 aromatic carbocycles. The SMILES string of the molecule is O=C(NCc1cnn(CCF)c1)c1cncc(N2CCOCC2)c1. The maximum Gasteiger partial charge on any atom is 0.253 e. The van der Waals surface area contributed by atoms with Gasteiger partial charge in [0.15, 0.2) is 0 Å². The number of hydrogen-bond acceptors (Lipinski definition) is 5. The highest BCUT2D eigenvalue weighted by molar-refractivity contribution is 5.94. The predicted molar refractivity (Wildman–Crippen MR) is 86.6 cm³/mol. The Hall–Kier alpha value is -2.48. The summed E-state index contributed by atoms with van der Waals surface area (Å²) in [6.07, 6.45) is 6.65. The van der Waals surface area contributed by atoms with E-state index < -0.39 is 6.67 Å². The maximum absolute atomic E-state index is 12.3. The Morgan fingerprint density at radius 3 is 2.92 bits per heavy atom. The molecule has 1 N–H and O–H groups in total. The van der Waals surface area contributed by atoms with Crippen molar-refractivity contribution >= 4 is 11.6 Å². The molecule has 3 rings (SSSR count). The second kappa shape index (κ2) is 7.87. The van der Waals surface area contributed by atoms with Crippen molar-refractivity contribution in [2.45, 2.75) is 13.1 Å². The van der Waals surface area contributed by atoms with Crippen molar-refractivity contribution in [1.82, 2.24) is 20.1 Å². The summed E-state index contributed by atoms with van der Waals surface area (Å²) in [5.41, 5.74) is 2.26. The third-order valence-corrected chi connectivity index (χ3v) is 3.82. The normalized spacial score (nSPS) is 14.6. The quantitative estimate of drug-likeness (QED) is 0.854. The number of alkyl halides is 1. The van der Waals surface area contributed by atoms with Crippen molar-refractivity contribution in [1.29, 1.82) is 0 Å². The molecule has 24 heavy (non-hydrogen) atoms. The van der Waals surface area contributed by atoms with Crippen molar-refractivity contribution in [3.05, 3.63) is 42.0 Å². The smallest absolute Gasteiger partial charge is 0.253 e. The minimum Gasteiger partial charge on any atom is -0.378 e. The number of nitrogens with one attached hydrogen (secondary N) is 1. The van der Waals surface area contributed by atoms with Crippen molar-refractivity contribution in [2.75, 3.05) is 37.9 Å². The number of amides is 1. The Morgan fingerprint density at radius 1 is 1.29 bits per heavy atom. The van der Waals surface area contributed by atoms with Crippen LogP contribution in [0.1, 0.15) is 15.9 Å². The van der Waals surface area contributed by atoms with E-state index in [9.17, 15) is 9.18 Å². The summed E-state index contributed by atoms with van der Waals surface area (Å²) in [4.78, 5) is 18.6. The van der Waals surface area contributed by atoms with Crippen LogP contribution in [0.4, 0.5) is 10.1 Å². The molecule has 2 aromatic rings. The molecule has 1 aliphatic heterocycles. The monoisotopic (exact) mass is 333 g/mol. The Bertz CT molecular complexity index is 685. The van der Waals surface area contributed by atoms with E-state index in [1.165, 1.54) is 4.68 Å². The van der Waals surface area contributed by atoms with E-state index in [0.29, 0.717) is 25.3 Å². The second-order valence-corrected chi connectivity index (χ2v) is 5.51. The molecule has 0 unspecified atom stereocenters. The Kier molecular flexibility index (Phi) is 5.37. The van der Waals surface area contributed by atoms with Crippen molar-refractivity contribution in [3.8, 4) is 0 Å². The van der Waals surface area contributed by atoms with Gasteiger partial charge in [-0.25, -0.2) is 4.39 Å². The summed E-state index contributed by atoms with van der Waals surface area (Å²) >= 11 is 0. The van der Waals surface area contributed by atoms with E-state index in [0.717, 1.165) is 24.3 Å². The molecule has 2 aromatic heterocycles. The molecule has 1 saturated heterocycles. The predicted octanol–water partition coefficient (Wildman–Crippen LogP) is 1.01. The molecule has 3 heterocycles. The lowest BCUT2D eigenvalue weighted by atomic mass is 10.2. The molecule has 1 fully saturated rings. The fourth-order valence-corrected chi connectivity index (χ4v) is 2.54. The van der Waals surface area contributed by atoms with Gasteiger partial charge in [0.05, 0.1) is 43.4 Å². The van der Waals surface area contributed by atoms with Gasteiger partial charge in [-0.05, 0) is 6.07 Å². The van der Waals surface area contributed by atoms with Gasteiger partial charge in [-0.3, -0.25) is 14.5 Å². The molecule has 7 nitrogen and oxygen atoms in total. The highest BCUT2D eigenvalue weighted by atomic mass is 19.1. The van der Waals surface area contributed by atoms with Crippen molar-refractivity contribution < 1.29 is 13.9 Å². The van der Waals surface area contributed by atoms with E-state index in [1.54, 1.807) is 24.8 Å². The number of nitrogens with zero attached hydrogens (tertiary/aromatic N) is 4. The van der Waals surface area contributed by atoms with E-state index in [4.69, 9.17) is 4.74 Å². The largest absolute Gasteiger partial charge is 0.378 e. The molecule has 128 valence electrons. The average Bonchev–Trinajstić information content (AvgIpc) is 3.08. The van der Waals surface area contributed by atoms with Gasteiger partial charge in [-0.15, -0.1) is 0 Å². The number of rotatable bonds is 6. The van der Waals surface area contributed by atoms with Gasteiger partial charge in [0.1, 0.15) is 6.67 Å². The molecule has 0 atom stereocenters. The van der Waals surface area contributed by atoms with Crippen LogP contribution >= 0.6 is 0 Å². The van der Waals surface area contributed by atoms with Crippen LogP contribution in [0.5, 0.6) is 0 Å². The first-order chi connectivity index (χ1) is 11.8. The molecule has 0 spiro atoms. The summed E-state index contributed by atoms with van der Waals surface area (Å²) in [7, 11) is 0. The highest BCUT2D eigenvalue weighted by Crippen LogP contribution is 2.16. The first kappa shape index (κ1) is 16.4. The van der Waals surface area contributed by atoms with Crippen LogP contribution in [0, 0.1) is 0 Å². The summed E-state index contributed by atoms with van der Waals surface area (Å²) in [6.45, 7) is 3.04. The van der Waals surface area contributed by atoms with Crippen molar-refractivity contribution in [2.24, 2.45) is 0 Å². The lowest BCUT2D eigenvalue weighted by molar-refractivity contribution is 0.0950. The maximum atomic E-state index is 12.3. The molecular formula is C16H20FN5O2. The Morgan fingerprint density at radius 2 is 2.12 bits per heavy atom. The van der Waals surface area contributed by atoms with Crippen LogP contribution in [0.3, 0.4) is 0 Å². The third kappa shape index (κ3) is 4.08. The molecular weight excluding hydrogens is 313 g/mol. The summed E-state index contributed by atoms with van der Waals surface area (Å²) < 4.78 is 19.1. The van der Waals surface area contributed by atoms with E-state index in [1.807, 2.05) is 6.07 Å². The van der Waals surface area contributed by atoms with Gasteiger partial charge < -0.3 is 15.0 Å². The number of ether oxygens (including phenoxy) is 1. The molecule has 8 heteroatoms. The van der Waals surface area contributed by atoms with Gasteiger partial charge in [0.2, 0.25) is 0 Å². The fourth-order valence-electron chi connectivity index (χ4n) is 2.54. The van der Waals surface area contributed by atoms with Gasteiger partial charge >= 0.3 is 0 Å². The van der Waals surface area contributed by atoms with Gasteiger partial charge in [0, 0.05) is 37.6 Å². The first-order valence-corrected chi connectivity index (χ1v) is 7.89. The van der Waals surface area contributed by atoms with Crippen molar-refractivity contribution in [3.63, 3.8) is 0 Å². The number of pyridine rings is 1. The molecule has 0 bridgehead atoms. The molecule has 0 radical (unpaired) electrons. The van der Waals surface area contributed by atoms with Crippen LogP contribution in [-0.4, -0.2) is 53.6 Å². The Labute approximate surface area is 139 Å². The number of anilines is 1. The third-order valence-electron chi connectivity index (χ3n) is 3.82. The molecule has 1 amide bonds. The van der Waals surface area contributed by atoms with Crippen LogP contribution < -0.4 is 10.2 Å². The highest BCUT2D eigenvalue weighted by Gasteiger charge is 2.14. The lowest BCUT2D eigenvalue weighted by Crippen LogP contribution is -2.36. The number of morpholine rings is 1. The number of halogens is 1. The van der Waals surface area contributed by atoms with Gasteiger partial charge in [-0.2, -0.15) is 5.10 Å². The van der Waals surface area contributed by atoms with E-state index in [-0.39, 0.29) is 12.5 Å². The number of aryl methyl sites for hydroxylation is 1. The first-order valence-electron chi connectivity index (χ1n) is 7.89. The minimum atomic E-state index is -0.465. The topological polar surface area (TPSA) is 72.3 Å². The van der Waals surface area contributed by atoms with E-state index in [2.05, 4.69) is 20.3 Å². The zero-order valence-corrected chi connectivity index (χ0v) is 13.3. The summed E-state index contributed by atoms with van der Waals surface area (Å²) in [6, 6.07) is 1.83. The second-order valence-electron chi connectivity index (χ2n) is 5.51. The number of carbonyl (C=O) groups excluding carboxylic acids is 1. The summed E-state index contributed by atoms with van der Waals surface area (Å²) in [5.74, 6) is -0.198. The summed E-state index contributed by atoms with van der Waals surface area (Å²) in [5, 5.41) is 6.86. The van der Waals surface area contributed by atoms with E-state index >= 15 is 0 Å². The molecule has 1 aliphatic rings. The number of carbonyl (C=O) groups is 1. The standard InChI is InChI=1S/C16H20FN5O2/c17-1-2-22-12-13(9-20-22)8-19-16(23)14-7-15(11-18-10-14)21-3-5-24-6-4-21/h7,9-12H,1-6,8H2,(H,19,23). The average molecular weight is 333 g/mol. The van der Waals surface area contributed by atoms with Crippen LogP contribution in [0.2, 0.25) is 0 Å². The van der Waals surface area contributed by atoms with Crippen LogP contribution in [-0.2, 0) is 17.8 Å². The zero-order valence-electron chi connectivity index (χ0n) is 13.3. The van der Waals surface area contributed by atoms with Crippen LogP contribution in [0.25, 0.3) is 0 Å². The molecule has 0 saturated carbocycles. The van der Waals surface area contributed by atoms with Gasteiger partial charge in [0.25, 0.3) is 5.91 Å². The minimum absolute atomic E-state index is 0.198. The van der Waals surface area contributed by atoms with Gasteiger partial charge in [-0.1, -0.05) is 0 Å². The molecule has 0 aliphatic carbocycles.